The highest BCUT2D eigenvalue weighted by atomic mass is 16.1. The second-order valence-electron chi connectivity index (χ2n) is 15.6. The molecule has 0 aliphatic heterocycles. The molecule has 2 heteroatoms. The highest BCUT2D eigenvalue weighted by Crippen LogP contribution is 2.63. The Balaban J connectivity index is 1.12. The summed E-state index contributed by atoms with van der Waals surface area (Å²) in [5, 5.41) is 2.46. The first kappa shape index (κ1) is 32.7. The lowest BCUT2D eigenvalue weighted by Gasteiger charge is -2.31. The number of carbonyl (C=O) groups is 1. The van der Waals surface area contributed by atoms with E-state index in [2.05, 4.69) is 174 Å². The van der Waals surface area contributed by atoms with Gasteiger partial charge in [0.1, 0.15) is 0 Å². The average Bonchev–Trinajstić information content (AvgIpc) is 3.89. The van der Waals surface area contributed by atoms with E-state index in [1.54, 1.807) is 0 Å². The Morgan fingerprint density at radius 2 is 0.879 bits per heavy atom. The smallest absolute Gasteiger partial charge is 0.193 e. The molecule has 0 radical (unpaired) electrons. The highest BCUT2D eigenvalue weighted by Gasteiger charge is 2.52. The number of ketones is 1. The molecule has 0 saturated heterocycles. The Hall–Kier alpha value is -7.55. The zero-order valence-corrected chi connectivity index (χ0v) is 31.6. The van der Waals surface area contributed by atoms with E-state index in [0.717, 1.165) is 33.5 Å². The Morgan fingerprint density at radius 3 is 1.55 bits per heavy atom. The molecule has 0 bridgehead atoms. The maximum absolute atomic E-state index is 15.1. The highest BCUT2D eigenvalue weighted by molar-refractivity contribution is 6.14. The van der Waals surface area contributed by atoms with Crippen molar-refractivity contribution in [2.75, 3.05) is 0 Å². The van der Waals surface area contributed by atoms with Gasteiger partial charge >= 0.3 is 0 Å². The van der Waals surface area contributed by atoms with E-state index < -0.39 is 5.41 Å². The van der Waals surface area contributed by atoms with Crippen molar-refractivity contribution in [3.8, 4) is 50.2 Å². The molecule has 2 aliphatic rings. The first-order valence-electron chi connectivity index (χ1n) is 20.0. The second-order valence-corrected chi connectivity index (χ2v) is 15.6. The third-order valence-corrected chi connectivity index (χ3v) is 12.6. The van der Waals surface area contributed by atoms with Crippen molar-refractivity contribution in [1.29, 1.82) is 0 Å². The Morgan fingerprint density at radius 1 is 0.345 bits per heavy atom. The lowest BCUT2D eigenvalue weighted by atomic mass is 9.70. The molecule has 2 nitrogen and oxygen atoms in total. The molecule has 2 aliphatic carbocycles. The Kier molecular flexibility index (Phi) is 7.03. The van der Waals surface area contributed by atoms with Crippen molar-refractivity contribution in [2.24, 2.45) is 0 Å². The van der Waals surface area contributed by atoms with Crippen LogP contribution in [0.2, 0.25) is 0 Å². The van der Waals surface area contributed by atoms with Gasteiger partial charge in [0.15, 0.2) is 5.78 Å². The van der Waals surface area contributed by atoms with E-state index in [9.17, 15) is 0 Å². The van der Waals surface area contributed by atoms with Gasteiger partial charge in [0, 0.05) is 27.6 Å². The zero-order chi connectivity index (χ0) is 38.4. The molecule has 12 rings (SSSR count). The maximum Gasteiger partial charge on any atom is 0.193 e. The van der Waals surface area contributed by atoms with E-state index in [1.165, 1.54) is 60.8 Å². The molecule has 0 saturated carbocycles. The van der Waals surface area contributed by atoms with E-state index in [-0.39, 0.29) is 5.78 Å². The van der Waals surface area contributed by atoms with Crippen LogP contribution in [0.1, 0.15) is 38.2 Å². The summed E-state index contributed by atoms with van der Waals surface area (Å²) in [5.74, 6) is 0.00929. The van der Waals surface area contributed by atoms with Crippen molar-refractivity contribution in [3.63, 3.8) is 0 Å². The fourth-order valence-electron chi connectivity index (χ4n) is 10.1. The van der Waals surface area contributed by atoms with Crippen LogP contribution >= 0.6 is 0 Å². The standard InChI is InChI=1S/C56H35NO/c58-55(41-31-39(36-16-4-1-5-17-36)30-40(32-41)37-18-6-2-7-19-37)38-28-29-45-43-22-10-13-25-49(43)56(51(45)33-38)50-26-14-11-23-44(50)47-34-48-46-24-12-15-27-53(46)57(54(48)35-52(47)56)42-20-8-3-9-21-42/h1-35H. The molecule has 0 fully saturated rings. The molecule has 0 amide bonds. The largest absolute Gasteiger partial charge is 0.309 e. The lowest BCUT2D eigenvalue weighted by Crippen LogP contribution is -2.26. The van der Waals surface area contributed by atoms with Gasteiger partial charge in [0.2, 0.25) is 0 Å². The molecule has 9 aromatic carbocycles. The third-order valence-electron chi connectivity index (χ3n) is 12.6. The summed E-state index contributed by atoms with van der Waals surface area (Å²) in [7, 11) is 0. The zero-order valence-electron chi connectivity index (χ0n) is 31.6. The molecule has 1 aromatic heterocycles. The summed E-state index contributed by atoms with van der Waals surface area (Å²) >= 11 is 0. The van der Waals surface area contributed by atoms with Crippen molar-refractivity contribution >= 4 is 27.6 Å². The average molecular weight is 738 g/mol. The number of rotatable bonds is 5. The van der Waals surface area contributed by atoms with Crippen LogP contribution in [0.4, 0.5) is 0 Å². The van der Waals surface area contributed by atoms with Gasteiger partial charge in [-0.25, -0.2) is 0 Å². The molecule has 0 N–H and O–H groups in total. The van der Waals surface area contributed by atoms with E-state index in [4.69, 9.17) is 0 Å². The van der Waals surface area contributed by atoms with E-state index >= 15 is 4.79 Å². The minimum Gasteiger partial charge on any atom is -0.309 e. The number of fused-ring (bicyclic) bond motifs is 13. The summed E-state index contributed by atoms with van der Waals surface area (Å²) in [6.07, 6.45) is 0. The summed E-state index contributed by atoms with van der Waals surface area (Å²) in [5.41, 5.74) is 18.2. The number of carbonyl (C=O) groups excluding carboxylic acids is 1. The number of hydrogen-bond acceptors (Lipinski definition) is 1. The molecule has 58 heavy (non-hydrogen) atoms. The van der Waals surface area contributed by atoms with Crippen molar-refractivity contribution in [2.45, 2.75) is 5.41 Å². The van der Waals surface area contributed by atoms with Crippen LogP contribution in [0.25, 0.3) is 72.0 Å². The van der Waals surface area contributed by atoms with Crippen LogP contribution in [0.5, 0.6) is 0 Å². The van der Waals surface area contributed by atoms with Crippen LogP contribution in [-0.2, 0) is 5.41 Å². The minimum atomic E-state index is -0.624. The van der Waals surface area contributed by atoms with Crippen molar-refractivity contribution < 1.29 is 4.79 Å². The van der Waals surface area contributed by atoms with Gasteiger partial charge in [-0.3, -0.25) is 4.79 Å². The van der Waals surface area contributed by atoms with Gasteiger partial charge < -0.3 is 4.57 Å². The first-order valence-corrected chi connectivity index (χ1v) is 20.0. The number of benzene rings is 9. The number of hydrogen-bond donors (Lipinski definition) is 0. The SMILES string of the molecule is O=C(c1cc(-c2ccccc2)cc(-c2ccccc2)c1)c1ccc2c(c1)C1(c3ccccc3-2)c2ccccc2-c2cc3c4ccccc4n(-c4ccccc4)c3cc21. The molecule has 1 unspecified atom stereocenters. The molecular formula is C56H35NO. The van der Waals surface area contributed by atoms with Crippen LogP contribution in [0.15, 0.2) is 212 Å². The summed E-state index contributed by atoms with van der Waals surface area (Å²) in [6, 6.07) is 75.5. The second kappa shape index (κ2) is 12.5. The monoisotopic (exact) mass is 737 g/mol. The molecule has 270 valence electrons. The minimum absolute atomic E-state index is 0.00929. The number of aromatic nitrogens is 1. The van der Waals surface area contributed by atoms with Gasteiger partial charge in [-0.05, 0) is 121 Å². The molecule has 1 atom stereocenters. The van der Waals surface area contributed by atoms with Gasteiger partial charge in [0.25, 0.3) is 0 Å². The van der Waals surface area contributed by atoms with Crippen molar-refractivity contribution in [1.82, 2.24) is 4.57 Å². The fraction of sp³-hybridized carbons (Fsp3) is 0.0179. The third kappa shape index (κ3) is 4.57. The van der Waals surface area contributed by atoms with Crippen LogP contribution < -0.4 is 0 Å². The van der Waals surface area contributed by atoms with Crippen molar-refractivity contribution in [3.05, 3.63) is 246 Å². The van der Waals surface area contributed by atoms with Crippen LogP contribution in [0.3, 0.4) is 0 Å². The van der Waals surface area contributed by atoms with Crippen LogP contribution in [0, 0.1) is 0 Å². The molecule has 10 aromatic rings. The summed E-state index contributed by atoms with van der Waals surface area (Å²) in [6.45, 7) is 0. The molecule has 1 spiro atoms. The lowest BCUT2D eigenvalue weighted by molar-refractivity contribution is 0.103. The van der Waals surface area contributed by atoms with Crippen LogP contribution in [-0.4, -0.2) is 10.4 Å². The summed E-state index contributed by atoms with van der Waals surface area (Å²) in [4.78, 5) is 15.1. The molecule has 1 heterocycles. The fourth-order valence-corrected chi connectivity index (χ4v) is 10.1. The van der Waals surface area contributed by atoms with Gasteiger partial charge in [-0.15, -0.1) is 0 Å². The predicted molar refractivity (Wildman–Crippen MR) is 238 cm³/mol. The number of nitrogens with zero attached hydrogens (tertiary/aromatic N) is 1. The first-order chi connectivity index (χ1) is 28.7. The van der Waals surface area contributed by atoms with E-state index in [1.807, 2.05) is 42.5 Å². The predicted octanol–water partition coefficient (Wildman–Crippen LogP) is 13.7. The van der Waals surface area contributed by atoms with Gasteiger partial charge in [-0.2, -0.15) is 0 Å². The normalized spacial score (nSPS) is 14.7. The molecular weight excluding hydrogens is 703 g/mol. The summed E-state index contributed by atoms with van der Waals surface area (Å²) < 4.78 is 2.41. The Labute approximate surface area is 336 Å². The maximum atomic E-state index is 15.1. The van der Waals surface area contributed by atoms with E-state index in [0.29, 0.717) is 11.1 Å². The number of para-hydroxylation sites is 2. The van der Waals surface area contributed by atoms with Gasteiger partial charge in [-0.1, -0.05) is 158 Å². The quantitative estimate of drug-likeness (QED) is 0.161. The van der Waals surface area contributed by atoms with Gasteiger partial charge in [0.05, 0.1) is 16.4 Å². The topological polar surface area (TPSA) is 22.0 Å². The Bertz CT molecular complexity index is 3230.